The molecule has 0 aliphatic carbocycles. The molecular weight excluding hydrogens is 502 g/mol. The topological polar surface area (TPSA) is 131 Å². The van der Waals surface area contributed by atoms with Crippen LogP contribution >= 0.6 is 0 Å². The highest BCUT2D eigenvalue weighted by molar-refractivity contribution is 5.77. The van der Waals surface area contributed by atoms with Gasteiger partial charge in [-0.25, -0.2) is 0 Å². The van der Waals surface area contributed by atoms with Gasteiger partial charge in [-0.1, -0.05) is 47.6 Å². The fourth-order valence-corrected chi connectivity index (χ4v) is 3.37. The molecule has 0 fully saturated rings. The molecule has 0 aliphatic rings. The molecule has 0 saturated heterocycles. The van der Waals surface area contributed by atoms with Crippen LogP contribution in [0, 0.1) is 17.8 Å². The molecule has 1 aromatic rings. The first-order valence-corrected chi connectivity index (χ1v) is 13.9. The van der Waals surface area contributed by atoms with Crippen LogP contribution in [0.5, 0.6) is 11.5 Å². The predicted molar refractivity (Wildman–Crippen MR) is 148 cm³/mol. The van der Waals surface area contributed by atoms with Gasteiger partial charge in [0.1, 0.15) is 18.8 Å². The lowest BCUT2D eigenvalue weighted by Crippen LogP contribution is -2.36. The smallest absolute Gasteiger partial charge is 0.323 e. The van der Waals surface area contributed by atoms with E-state index in [2.05, 4.69) is 0 Å². The van der Waals surface area contributed by atoms with E-state index in [9.17, 15) is 19.2 Å². The second-order valence-corrected chi connectivity index (χ2v) is 11.3. The monoisotopic (exact) mass is 549 g/mol. The van der Waals surface area contributed by atoms with Gasteiger partial charge in [0.15, 0.2) is 11.5 Å². The highest BCUT2D eigenvalue weighted by Gasteiger charge is 2.21. The first-order chi connectivity index (χ1) is 18.3. The number of nitrogens with two attached hydrogens (primary N) is 1. The molecule has 0 unspecified atom stereocenters. The van der Waals surface area contributed by atoms with E-state index in [1.54, 1.807) is 19.1 Å². The summed E-state index contributed by atoms with van der Waals surface area (Å²) >= 11 is 0. The Morgan fingerprint density at radius 1 is 0.718 bits per heavy atom. The lowest BCUT2D eigenvalue weighted by atomic mass is 10.1. The van der Waals surface area contributed by atoms with Crippen LogP contribution in [0.3, 0.4) is 0 Å². The number of carbonyl (C=O) groups excluding carboxylic acids is 4. The van der Waals surface area contributed by atoms with Crippen molar-refractivity contribution in [2.75, 3.05) is 6.61 Å². The van der Waals surface area contributed by atoms with E-state index in [4.69, 9.17) is 24.7 Å². The fourth-order valence-electron chi connectivity index (χ4n) is 3.37. The van der Waals surface area contributed by atoms with E-state index >= 15 is 0 Å². The van der Waals surface area contributed by atoms with Crippen molar-refractivity contribution in [3.05, 3.63) is 23.8 Å². The molecule has 0 radical (unpaired) electrons. The molecule has 1 aromatic carbocycles. The van der Waals surface area contributed by atoms with Gasteiger partial charge in [-0.3, -0.25) is 19.2 Å². The number of carbonyl (C=O) groups is 4. The van der Waals surface area contributed by atoms with Crippen LogP contribution in [0.1, 0.15) is 92.6 Å². The SMILES string of the molecule is CC(C)CCC(=O)Oc1ccc(C[C@H](N)C(=O)OC[C@H](C)OC(=O)CCC(C)C)cc1OC(=O)CCC(C)C. The van der Waals surface area contributed by atoms with Gasteiger partial charge >= 0.3 is 23.9 Å². The van der Waals surface area contributed by atoms with Crippen molar-refractivity contribution in [2.45, 2.75) is 106 Å². The Morgan fingerprint density at radius 3 is 1.72 bits per heavy atom. The van der Waals surface area contributed by atoms with E-state index in [0.29, 0.717) is 42.6 Å². The Labute approximate surface area is 233 Å². The molecule has 1 rings (SSSR count). The van der Waals surface area contributed by atoms with Crippen molar-refractivity contribution in [3.63, 3.8) is 0 Å². The minimum Gasteiger partial charge on any atom is -0.461 e. The third kappa shape index (κ3) is 15.3. The van der Waals surface area contributed by atoms with Gasteiger partial charge in [-0.2, -0.15) is 0 Å². The number of benzene rings is 1. The van der Waals surface area contributed by atoms with Gasteiger partial charge in [0.2, 0.25) is 0 Å². The molecule has 0 spiro atoms. The van der Waals surface area contributed by atoms with Crippen LogP contribution in [0.4, 0.5) is 0 Å². The summed E-state index contributed by atoms with van der Waals surface area (Å²) in [6.45, 7) is 13.6. The summed E-state index contributed by atoms with van der Waals surface area (Å²) in [5, 5.41) is 0. The Morgan fingerprint density at radius 2 is 1.21 bits per heavy atom. The molecule has 9 heteroatoms. The summed E-state index contributed by atoms with van der Waals surface area (Å²) in [6.07, 6.45) is 2.32. The zero-order valence-corrected chi connectivity index (χ0v) is 24.6. The second kappa shape index (κ2) is 17.6. The summed E-state index contributed by atoms with van der Waals surface area (Å²) in [4.78, 5) is 49.0. The molecule has 220 valence electrons. The molecule has 2 N–H and O–H groups in total. The van der Waals surface area contributed by atoms with Crippen LogP contribution in [-0.4, -0.2) is 42.6 Å². The first-order valence-electron chi connectivity index (χ1n) is 13.9. The van der Waals surface area contributed by atoms with Gasteiger partial charge in [0.05, 0.1) is 0 Å². The third-order valence-corrected chi connectivity index (χ3v) is 5.78. The van der Waals surface area contributed by atoms with E-state index in [-0.39, 0.29) is 43.3 Å². The molecule has 0 aromatic heterocycles. The minimum absolute atomic E-state index is 0.0967. The average Bonchev–Trinajstić information content (AvgIpc) is 2.85. The van der Waals surface area contributed by atoms with Gasteiger partial charge in [-0.05, 0) is 68.1 Å². The lowest BCUT2D eigenvalue weighted by molar-refractivity contribution is -0.158. The number of ether oxygens (including phenoxy) is 4. The van der Waals surface area contributed by atoms with Crippen molar-refractivity contribution in [3.8, 4) is 11.5 Å². The quantitative estimate of drug-likeness (QED) is 0.207. The van der Waals surface area contributed by atoms with Crippen molar-refractivity contribution in [1.82, 2.24) is 0 Å². The maximum atomic E-state index is 12.5. The summed E-state index contributed by atoms with van der Waals surface area (Å²) < 4.78 is 21.5. The van der Waals surface area contributed by atoms with Gasteiger partial charge in [-0.15, -0.1) is 0 Å². The van der Waals surface area contributed by atoms with E-state index in [1.165, 1.54) is 6.07 Å². The van der Waals surface area contributed by atoms with Gasteiger partial charge in [0.25, 0.3) is 0 Å². The summed E-state index contributed by atoms with van der Waals surface area (Å²) in [7, 11) is 0. The largest absolute Gasteiger partial charge is 0.461 e. The second-order valence-electron chi connectivity index (χ2n) is 11.3. The maximum absolute atomic E-state index is 12.5. The molecule has 39 heavy (non-hydrogen) atoms. The van der Waals surface area contributed by atoms with E-state index in [0.717, 1.165) is 6.42 Å². The molecule has 2 atom stereocenters. The highest BCUT2D eigenvalue weighted by atomic mass is 16.6. The summed E-state index contributed by atoms with van der Waals surface area (Å²) in [6, 6.07) is 3.73. The molecule has 0 aliphatic heterocycles. The van der Waals surface area contributed by atoms with E-state index in [1.807, 2.05) is 41.5 Å². The zero-order chi connectivity index (χ0) is 29.5. The van der Waals surface area contributed by atoms with Crippen molar-refractivity contribution < 1.29 is 38.1 Å². The highest BCUT2D eigenvalue weighted by Crippen LogP contribution is 2.30. The van der Waals surface area contributed by atoms with Crippen LogP contribution in [0.15, 0.2) is 18.2 Å². The molecule has 0 bridgehead atoms. The van der Waals surface area contributed by atoms with Crippen LogP contribution in [0.2, 0.25) is 0 Å². The Bertz CT molecular complexity index is 941. The van der Waals surface area contributed by atoms with E-state index < -0.39 is 30.1 Å². The predicted octanol–water partition coefficient (Wildman–Crippen LogP) is 5.15. The normalized spacial score (nSPS) is 12.8. The maximum Gasteiger partial charge on any atom is 0.323 e. The van der Waals surface area contributed by atoms with Crippen molar-refractivity contribution in [1.29, 1.82) is 0 Å². The van der Waals surface area contributed by atoms with Crippen LogP contribution in [0.25, 0.3) is 0 Å². The summed E-state index contributed by atoms with van der Waals surface area (Å²) in [5.74, 6) is -0.565. The van der Waals surface area contributed by atoms with Gasteiger partial charge in [0, 0.05) is 19.3 Å². The first kappa shape index (κ1) is 34.1. The molecular formula is C30H47NO8. The lowest BCUT2D eigenvalue weighted by Gasteiger charge is -2.17. The van der Waals surface area contributed by atoms with Gasteiger partial charge < -0.3 is 24.7 Å². The molecule has 0 amide bonds. The number of hydrogen-bond acceptors (Lipinski definition) is 9. The third-order valence-electron chi connectivity index (χ3n) is 5.78. The van der Waals surface area contributed by atoms with Crippen LogP contribution < -0.4 is 15.2 Å². The fraction of sp³-hybridized carbons (Fsp3) is 0.667. The minimum atomic E-state index is -1.00. The Kier molecular flexibility index (Phi) is 15.4. The number of esters is 4. The number of hydrogen-bond donors (Lipinski definition) is 1. The summed E-state index contributed by atoms with van der Waals surface area (Å²) in [5.41, 5.74) is 6.66. The standard InChI is InChI=1S/C30H47NO8/c1-19(2)8-13-27(32)37-22(7)18-36-30(35)24(31)16-23-11-12-25(38-28(33)14-9-20(3)4)26(17-23)39-29(34)15-10-21(5)6/h11-12,17,19-22,24H,8-10,13-16,18,31H2,1-7H3/t22-,24-/m0/s1. The Balaban J connectivity index is 2.81. The zero-order valence-electron chi connectivity index (χ0n) is 24.6. The van der Waals surface area contributed by atoms with Crippen molar-refractivity contribution >= 4 is 23.9 Å². The van der Waals surface area contributed by atoms with Crippen molar-refractivity contribution in [2.24, 2.45) is 23.5 Å². The van der Waals surface area contributed by atoms with Crippen LogP contribution in [-0.2, 0) is 35.1 Å². The number of rotatable bonds is 17. The molecule has 0 saturated carbocycles. The molecule has 0 heterocycles. The molecule has 9 nitrogen and oxygen atoms in total. The Hall–Kier alpha value is -2.94. The average molecular weight is 550 g/mol.